The van der Waals surface area contributed by atoms with Gasteiger partial charge in [-0.2, -0.15) is 0 Å². The van der Waals surface area contributed by atoms with Crippen LogP contribution in [0.3, 0.4) is 0 Å². The zero-order valence-electron chi connectivity index (χ0n) is 18.2. The largest absolute Gasteiger partial charge is 0.497 e. The molecule has 1 amide bonds. The van der Waals surface area contributed by atoms with Gasteiger partial charge in [-0.05, 0) is 55.7 Å². The number of rotatable bonds is 9. The highest BCUT2D eigenvalue weighted by Crippen LogP contribution is 2.24. The van der Waals surface area contributed by atoms with Crippen LogP contribution < -0.4 is 14.8 Å². The number of hydrogen-bond donors (Lipinski definition) is 1. The molecule has 0 saturated heterocycles. The Bertz CT molecular complexity index is 991. The van der Waals surface area contributed by atoms with Crippen LogP contribution in [0.5, 0.6) is 11.5 Å². The summed E-state index contributed by atoms with van der Waals surface area (Å²) >= 11 is 0. The Labute approximate surface area is 183 Å². The third kappa shape index (κ3) is 5.37. The number of aromatic nitrogens is 2. The molecule has 6 nitrogen and oxygen atoms in total. The maximum atomic E-state index is 12.6. The average Bonchev–Trinajstić information content (AvgIpc) is 3.18. The fourth-order valence-electron chi connectivity index (χ4n) is 4.27. The molecule has 2 aromatic carbocycles. The van der Waals surface area contributed by atoms with Crippen molar-refractivity contribution in [1.82, 2.24) is 14.9 Å². The van der Waals surface area contributed by atoms with Crippen LogP contribution in [0.4, 0.5) is 0 Å². The quantitative estimate of drug-likeness (QED) is 0.508. The number of carbonyl (C=O) groups excluding carboxylic acids is 1. The predicted molar refractivity (Wildman–Crippen MR) is 121 cm³/mol. The lowest BCUT2D eigenvalue weighted by molar-refractivity contribution is -0.126. The molecule has 0 atom stereocenters. The Morgan fingerprint density at radius 2 is 1.81 bits per heavy atom. The summed E-state index contributed by atoms with van der Waals surface area (Å²) < 4.78 is 13.3. The molecule has 1 aliphatic carbocycles. The minimum absolute atomic E-state index is 0.157. The fourth-order valence-corrected chi connectivity index (χ4v) is 4.27. The first-order valence-corrected chi connectivity index (χ1v) is 11.2. The van der Waals surface area contributed by atoms with Crippen molar-refractivity contribution in [3.63, 3.8) is 0 Å². The lowest BCUT2D eigenvalue weighted by Gasteiger charge is -2.20. The van der Waals surface area contributed by atoms with Crippen molar-refractivity contribution in [2.75, 3.05) is 13.7 Å². The van der Waals surface area contributed by atoms with Crippen molar-refractivity contribution < 1.29 is 14.3 Å². The molecule has 1 aromatic heterocycles. The molecule has 0 spiro atoms. The molecule has 6 heteroatoms. The number of carbonyl (C=O) groups is 1. The molecule has 0 aliphatic heterocycles. The highest BCUT2D eigenvalue weighted by molar-refractivity contribution is 5.79. The highest BCUT2D eigenvalue weighted by Gasteiger charge is 2.21. The second-order valence-electron chi connectivity index (χ2n) is 8.10. The van der Waals surface area contributed by atoms with Crippen LogP contribution >= 0.6 is 0 Å². The minimum Gasteiger partial charge on any atom is -0.497 e. The highest BCUT2D eigenvalue weighted by atomic mass is 16.5. The van der Waals surface area contributed by atoms with Gasteiger partial charge in [-0.1, -0.05) is 31.4 Å². The Hall–Kier alpha value is -3.02. The van der Waals surface area contributed by atoms with E-state index < -0.39 is 0 Å². The number of ether oxygens (including phenoxy) is 2. The normalized spacial score (nSPS) is 14.5. The molecule has 0 radical (unpaired) electrons. The van der Waals surface area contributed by atoms with E-state index in [-0.39, 0.29) is 11.8 Å². The zero-order valence-corrected chi connectivity index (χ0v) is 18.2. The molecule has 0 unspecified atom stereocenters. The Kier molecular flexibility index (Phi) is 7.07. The number of methoxy groups -OCH3 is 1. The van der Waals surface area contributed by atoms with Crippen molar-refractivity contribution >= 4 is 16.9 Å². The SMILES string of the molecule is COc1ccc(OCCCn2c(CNC(=O)C3CCCCC3)nc3ccccc32)cc1. The van der Waals surface area contributed by atoms with E-state index in [9.17, 15) is 4.79 Å². The van der Waals surface area contributed by atoms with Crippen LogP contribution in [0.25, 0.3) is 11.0 Å². The molecule has 164 valence electrons. The summed E-state index contributed by atoms with van der Waals surface area (Å²) in [7, 11) is 1.65. The van der Waals surface area contributed by atoms with E-state index in [1.165, 1.54) is 6.42 Å². The van der Waals surface area contributed by atoms with Crippen molar-refractivity contribution in [2.45, 2.75) is 51.6 Å². The number of hydrogen-bond acceptors (Lipinski definition) is 4. The maximum Gasteiger partial charge on any atom is 0.223 e. The molecule has 0 bridgehead atoms. The van der Waals surface area contributed by atoms with Gasteiger partial charge in [0.15, 0.2) is 0 Å². The van der Waals surface area contributed by atoms with E-state index in [2.05, 4.69) is 16.0 Å². The third-order valence-corrected chi connectivity index (χ3v) is 5.98. The first-order chi connectivity index (χ1) is 15.2. The summed E-state index contributed by atoms with van der Waals surface area (Å²) in [4.78, 5) is 17.4. The zero-order chi connectivity index (χ0) is 21.5. The fraction of sp³-hybridized carbons (Fsp3) is 0.440. The van der Waals surface area contributed by atoms with Gasteiger partial charge in [-0.25, -0.2) is 4.98 Å². The second-order valence-corrected chi connectivity index (χ2v) is 8.10. The monoisotopic (exact) mass is 421 g/mol. The van der Waals surface area contributed by atoms with Gasteiger partial charge in [0, 0.05) is 12.5 Å². The van der Waals surface area contributed by atoms with Gasteiger partial charge in [-0.3, -0.25) is 4.79 Å². The van der Waals surface area contributed by atoms with Crippen LogP contribution in [0.2, 0.25) is 0 Å². The molecule has 1 N–H and O–H groups in total. The van der Waals surface area contributed by atoms with Crippen LogP contribution in [-0.4, -0.2) is 29.2 Å². The van der Waals surface area contributed by atoms with Gasteiger partial charge >= 0.3 is 0 Å². The van der Waals surface area contributed by atoms with Gasteiger partial charge in [0.1, 0.15) is 17.3 Å². The van der Waals surface area contributed by atoms with Gasteiger partial charge in [-0.15, -0.1) is 0 Å². The molecular formula is C25H31N3O3. The molecule has 1 fully saturated rings. The topological polar surface area (TPSA) is 65.4 Å². The molecule has 4 rings (SSSR count). The van der Waals surface area contributed by atoms with Crippen LogP contribution in [-0.2, 0) is 17.9 Å². The van der Waals surface area contributed by atoms with Crippen molar-refractivity contribution in [3.8, 4) is 11.5 Å². The molecule has 1 heterocycles. The maximum absolute atomic E-state index is 12.6. The molecular weight excluding hydrogens is 390 g/mol. The number of amides is 1. The van der Waals surface area contributed by atoms with E-state index in [4.69, 9.17) is 14.5 Å². The number of aryl methyl sites for hydroxylation is 1. The number of imidazole rings is 1. The molecule has 31 heavy (non-hydrogen) atoms. The number of para-hydroxylation sites is 2. The number of benzene rings is 2. The summed E-state index contributed by atoms with van der Waals surface area (Å²) in [6.07, 6.45) is 6.42. The van der Waals surface area contributed by atoms with Gasteiger partial charge in [0.05, 0.1) is 31.3 Å². The van der Waals surface area contributed by atoms with Crippen LogP contribution in [0.1, 0.15) is 44.3 Å². The number of nitrogens with zero attached hydrogens (tertiary/aromatic N) is 2. The Morgan fingerprint density at radius 1 is 1.06 bits per heavy atom. The van der Waals surface area contributed by atoms with E-state index in [0.29, 0.717) is 13.2 Å². The lowest BCUT2D eigenvalue weighted by Crippen LogP contribution is -2.32. The van der Waals surface area contributed by atoms with Crippen molar-refractivity contribution in [1.29, 1.82) is 0 Å². The van der Waals surface area contributed by atoms with E-state index in [1.807, 2.05) is 42.5 Å². The second kappa shape index (κ2) is 10.3. The minimum atomic E-state index is 0.157. The number of fused-ring (bicyclic) bond motifs is 1. The standard InChI is InChI=1S/C25H31N3O3/c1-30-20-12-14-21(15-13-20)31-17-7-16-28-23-11-6-5-10-22(23)27-24(28)18-26-25(29)19-8-3-2-4-9-19/h5-6,10-15,19H,2-4,7-9,16-18H2,1H3,(H,26,29). The summed E-state index contributed by atoms with van der Waals surface area (Å²) in [6.45, 7) is 1.85. The van der Waals surface area contributed by atoms with Gasteiger partial charge in [0.25, 0.3) is 0 Å². The Morgan fingerprint density at radius 3 is 2.58 bits per heavy atom. The molecule has 1 saturated carbocycles. The van der Waals surface area contributed by atoms with E-state index in [1.54, 1.807) is 7.11 Å². The van der Waals surface area contributed by atoms with Crippen LogP contribution in [0, 0.1) is 5.92 Å². The predicted octanol–water partition coefficient (Wildman–Crippen LogP) is 4.71. The van der Waals surface area contributed by atoms with Crippen molar-refractivity contribution in [2.24, 2.45) is 5.92 Å². The average molecular weight is 422 g/mol. The summed E-state index contributed by atoms with van der Waals surface area (Å²) in [6, 6.07) is 15.7. The van der Waals surface area contributed by atoms with Gasteiger partial charge < -0.3 is 19.4 Å². The van der Waals surface area contributed by atoms with Gasteiger partial charge in [0.2, 0.25) is 5.91 Å². The summed E-state index contributed by atoms with van der Waals surface area (Å²) in [5.74, 6) is 2.87. The van der Waals surface area contributed by atoms with Crippen LogP contribution in [0.15, 0.2) is 48.5 Å². The molecule has 3 aromatic rings. The molecule has 1 aliphatic rings. The Balaban J connectivity index is 1.37. The van der Waals surface area contributed by atoms with E-state index in [0.717, 1.165) is 67.0 Å². The summed E-state index contributed by atoms with van der Waals surface area (Å²) in [5.41, 5.74) is 2.05. The summed E-state index contributed by atoms with van der Waals surface area (Å²) in [5, 5.41) is 3.13. The lowest BCUT2D eigenvalue weighted by atomic mass is 9.89. The van der Waals surface area contributed by atoms with Crippen molar-refractivity contribution in [3.05, 3.63) is 54.4 Å². The van der Waals surface area contributed by atoms with E-state index >= 15 is 0 Å². The first kappa shape index (κ1) is 21.2. The third-order valence-electron chi connectivity index (χ3n) is 5.98. The first-order valence-electron chi connectivity index (χ1n) is 11.2. The smallest absolute Gasteiger partial charge is 0.223 e. The number of nitrogens with one attached hydrogen (secondary N) is 1.